The number of nitrogens with one attached hydrogen (secondary N) is 2. The Labute approximate surface area is 157 Å². The van der Waals surface area contributed by atoms with E-state index in [1.807, 2.05) is 30.3 Å². The molecular weight excluding hydrogens is 342 g/mol. The fourth-order valence-corrected chi connectivity index (χ4v) is 3.17. The van der Waals surface area contributed by atoms with Gasteiger partial charge in [0, 0.05) is 6.61 Å². The van der Waals surface area contributed by atoms with Crippen molar-refractivity contribution in [3.8, 4) is 0 Å². The van der Waals surface area contributed by atoms with Crippen LogP contribution in [-0.4, -0.2) is 27.4 Å². The number of fused-ring (bicyclic) bond motifs is 1. The van der Waals surface area contributed by atoms with Gasteiger partial charge < -0.3 is 10.4 Å². The van der Waals surface area contributed by atoms with Crippen LogP contribution in [0, 0.1) is 0 Å². The molecule has 3 aromatic rings. The Morgan fingerprint density at radius 2 is 1.78 bits per heavy atom. The number of aliphatic hydroxyl groups is 1. The summed E-state index contributed by atoms with van der Waals surface area (Å²) < 4.78 is 1.30. The molecule has 0 aliphatic carbocycles. The van der Waals surface area contributed by atoms with Crippen molar-refractivity contribution in [3.63, 3.8) is 0 Å². The fraction of sp³-hybridized carbons (Fsp3) is 0.333. The Morgan fingerprint density at radius 3 is 2.41 bits per heavy atom. The summed E-state index contributed by atoms with van der Waals surface area (Å²) in [5.74, 6) is 0.147. The highest BCUT2D eigenvalue weighted by Crippen LogP contribution is 2.21. The second kappa shape index (κ2) is 8.22. The normalized spacial score (nSPS) is 12.4. The van der Waals surface area contributed by atoms with Gasteiger partial charge in [0.1, 0.15) is 6.54 Å². The van der Waals surface area contributed by atoms with Gasteiger partial charge in [0.05, 0.1) is 16.9 Å². The minimum Gasteiger partial charge on any atom is -0.396 e. The summed E-state index contributed by atoms with van der Waals surface area (Å²) in [5, 5.41) is 15.8. The van der Waals surface area contributed by atoms with E-state index in [4.69, 9.17) is 0 Å². The average Bonchev–Trinajstić information content (AvgIpc) is 2.97. The van der Waals surface area contributed by atoms with E-state index in [1.54, 1.807) is 18.2 Å². The third-order valence-electron chi connectivity index (χ3n) is 4.72. The molecule has 0 bridgehead atoms. The third kappa shape index (κ3) is 4.28. The van der Waals surface area contributed by atoms with E-state index in [2.05, 4.69) is 24.3 Å². The number of hydrogen-bond donors (Lipinski definition) is 3. The van der Waals surface area contributed by atoms with Crippen LogP contribution < -0.4 is 10.9 Å². The lowest BCUT2D eigenvalue weighted by atomic mass is 9.98. The van der Waals surface area contributed by atoms with Crippen LogP contribution in [0.5, 0.6) is 0 Å². The predicted octanol–water partition coefficient (Wildman–Crippen LogP) is 2.69. The number of aromatic nitrogens is 2. The van der Waals surface area contributed by atoms with Gasteiger partial charge >= 0.3 is 0 Å². The first-order valence-corrected chi connectivity index (χ1v) is 9.17. The minimum absolute atomic E-state index is 0.0385. The van der Waals surface area contributed by atoms with Gasteiger partial charge in [-0.15, -0.1) is 0 Å². The van der Waals surface area contributed by atoms with Gasteiger partial charge in [0.15, 0.2) is 0 Å². The Kier molecular flexibility index (Phi) is 5.76. The van der Waals surface area contributed by atoms with Crippen molar-refractivity contribution in [2.75, 3.05) is 6.61 Å². The van der Waals surface area contributed by atoms with Gasteiger partial charge in [0.25, 0.3) is 5.56 Å². The molecule has 0 unspecified atom stereocenters. The molecule has 6 heteroatoms. The van der Waals surface area contributed by atoms with Crippen LogP contribution in [0.4, 0.5) is 0 Å². The van der Waals surface area contributed by atoms with Gasteiger partial charge in [-0.05, 0) is 35.6 Å². The molecule has 1 aromatic heterocycles. The van der Waals surface area contributed by atoms with E-state index in [-0.39, 0.29) is 30.7 Å². The van der Waals surface area contributed by atoms with E-state index in [0.717, 1.165) is 5.56 Å². The molecule has 27 heavy (non-hydrogen) atoms. The van der Waals surface area contributed by atoms with E-state index in [9.17, 15) is 14.7 Å². The summed E-state index contributed by atoms with van der Waals surface area (Å²) in [6.07, 6.45) is 0.411. The number of carbonyl (C=O) groups is 1. The highest BCUT2D eigenvalue weighted by Gasteiger charge is 2.16. The lowest BCUT2D eigenvalue weighted by Crippen LogP contribution is -2.34. The van der Waals surface area contributed by atoms with Gasteiger partial charge in [-0.2, -0.15) is 0 Å². The smallest absolute Gasteiger partial charge is 0.274 e. The second-order valence-electron chi connectivity index (χ2n) is 7.00. The molecule has 0 aliphatic rings. The first kappa shape index (κ1) is 18.9. The zero-order valence-electron chi connectivity index (χ0n) is 15.6. The highest BCUT2D eigenvalue weighted by atomic mass is 16.3. The van der Waals surface area contributed by atoms with Crippen molar-refractivity contribution in [2.24, 2.45) is 0 Å². The molecule has 3 N–H and O–H groups in total. The van der Waals surface area contributed by atoms with Crippen LogP contribution in [-0.2, 0) is 11.3 Å². The van der Waals surface area contributed by atoms with Crippen LogP contribution in [0.3, 0.4) is 0 Å². The summed E-state index contributed by atoms with van der Waals surface area (Å²) in [7, 11) is 0. The number of aromatic amines is 1. The minimum atomic E-state index is -0.302. The lowest BCUT2D eigenvalue weighted by molar-refractivity contribution is -0.122. The number of aliphatic hydroxyl groups excluding tert-OH is 1. The molecule has 0 spiro atoms. The van der Waals surface area contributed by atoms with Gasteiger partial charge in [-0.3, -0.25) is 14.7 Å². The summed E-state index contributed by atoms with van der Waals surface area (Å²) >= 11 is 0. The highest BCUT2D eigenvalue weighted by molar-refractivity contribution is 5.79. The number of rotatable bonds is 7. The molecule has 1 atom stereocenters. The quantitative estimate of drug-likeness (QED) is 0.600. The zero-order chi connectivity index (χ0) is 19.4. The molecular formula is C21H25N3O3. The molecule has 1 heterocycles. The molecule has 2 aromatic carbocycles. The number of para-hydroxylation sites is 1. The largest absolute Gasteiger partial charge is 0.396 e. The topological polar surface area (TPSA) is 87.1 Å². The second-order valence-corrected chi connectivity index (χ2v) is 7.00. The Balaban J connectivity index is 1.74. The molecule has 142 valence electrons. The van der Waals surface area contributed by atoms with E-state index < -0.39 is 0 Å². The van der Waals surface area contributed by atoms with Crippen molar-refractivity contribution in [1.29, 1.82) is 0 Å². The molecule has 1 amide bonds. The molecule has 3 rings (SSSR count). The van der Waals surface area contributed by atoms with Crippen LogP contribution >= 0.6 is 0 Å². The van der Waals surface area contributed by atoms with Crippen LogP contribution in [0.1, 0.15) is 43.4 Å². The fourth-order valence-electron chi connectivity index (χ4n) is 3.17. The Morgan fingerprint density at radius 1 is 1.11 bits per heavy atom. The Bertz CT molecular complexity index is 970. The third-order valence-corrected chi connectivity index (χ3v) is 4.72. The monoisotopic (exact) mass is 367 g/mol. The molecule has 6 nitrogen and oxygen atoms in total. The molecule has 0 aliphatic heterocycles. The predicted molar refractivity (Wildman–Crippen MR) is 106 cm³/mol. The Hall–Kier alpha value is -2.86. The number of benzene rings is 2. The van der Waals surface area contributed by atoms with E-state index >= 15 is 0 Å². The maximum Gasteiger partial charge on any atom is 0.274 e. The molecule has 0 saturated carbocycles. The number of carbonyl (C=O) groups excluding carboxylic acids is 1. The maximum absolute atomic E-state index is 12.5. The number of hydrogen-bond acceptors (Lipinski definition) is 3. The van der Waals surface area contributed by atoms with Crippen LogP contribution in [0.15, 0.2) is 53.3 Å². The van der Waals surface area contributed by atoms with E-state index in [0.29, 0.717) is 23.2 Å². The zero-order valence-corrected chi connectivity index (χ0v) is 15.6. The van der Waals surface area contributed by atoms with Gasteiger partial charge in [-0.1, -0.05) is 50.2 Å². The van der Waals surface area contributed by atoms with Crippen molar-refractivity contribution >= 4 is 16.8 Å². The summed E-state index contributed by atoms with van der Waals surface area (Å²) in [4.78, 5) is 24.9. The average molecular weight is 367 g/mol. The molecule has 0 fully saturated rings. The summed E-state index contributed by atoms with van der Waals surface area (Å²) in [6.45, 7) is 4.11. The standard InChI is InChI=1S/C21H25N3O3/c1-14(2)15-7-9-16(10-8-15)18(11-12-25)22-20(26)13-24-21(27)17-5-3-4-6-19(17)23-24/h3-10,14,18,23,25H,11-13H2,1-2H3,(H,22,26)/t18-/m0/s1. The van der Waals surface area contributed by atoms with Crippen molar-refractivity contribution < 1.29 is 9.90 Å². The van der Waals surface area contributed by atoms with E-state index in [1.165, 1.54) is 10.2 Å². The number of H-pyrrole nitrogens is 1. The summed E-state index contributed by atoms with van der Waals surface area (Å²) in [6, 6.07) is 14.9. The van der Waals surface area contributed by atoms with Gasteiger partial charge in [-0.25, -0.2) is 4.68 Å². The van der Waals surface area contributed by atoms with Crippen molar-refractivity contribution in [3.05, 3.63) is 70.0 Å². The number of amides is 1. The first-order chi connectivity index (χ1) is 13.0. The molecule has 0 radical (unpaired) electrons. The van der Waals surface area contributed by atoms with Crippen molar-refractivity contribution in [1.82, 2.24) is 15.1 Å². The van der Waals surface area contributed by atoms with Crippen molar-refractivity contribution in [2.45, 2.75) is 38.8 Å². The van der Waals surface area contributed by atoms with Crippen LogP contribution in [0.25, 0.3) is 10.9 Å². The molecule has 0 saturated heterocycles. The lowest BCUT2D eigenvalue weighted by Gasteiger charge is -2.19. The maximum atomic E-state index is 12.5. The summed E-state index contributed by atoms with van der Waals surface area (Å²) in [5.41, 5.74) is 2.63. The van der Waals surface area contributed by atoms with Crippen LogP contribution in [0.2, 0.25) is 0 Å². The SMILES string of the molecule is CC(C)c1ccc([C@H](CCO)NC(=O)Cn2[nH]c3ccccc3c2=O)cc1. The number of nitrogens with zero attached hydrogens (tertiary/aromatic N) is 1. The first-order valence-electron chi connectivity index (χ1n) is 9.17. The van der Waals surface area contributed by atoms with Gasteiger partial charge in [0.2, 0.25) is 5.91 Å².